The molecule has 1 aliphatic carbocycles. The molecule has 15 heavy (non-hydrogen) atoms. The Bertz CT molecular complexity index is 332. The minimum Gasteiger partial charge on any atom is -0.497 e. The van der Waals surface area contributed by atoms with E-state index in [9.17, 15) is 0 Å². The largest absolute Gasteiger partial charge is 0.497 e. The van der Waals surface area contributed by atoms with Gasteiger partial charge in [0.2, 0.25) is 0 Å². The molecule has 0 spiro atoms. The lowest BCUT2D eigenvalue weighted by atomic mass is 9.94. The molecule has 1 fully saturated rings. The van der Waals surface area contributed by atoms with Crippen LogP contribution in [0.1, 0.15) is 24.8 Å². The van der Waals surface area contributed by atoms with E-state index in [1.54, 1.807) is 7.11 Å². The second-order valence-corrected chi connectivity index (χ2v) is 3.79. The van der Waals surface area contributed by atoms with Crippen LogP contribution in [0.3, 0.4) is 0 Å². The number of hydrogen-bond donors (Lipinski definition) is 0. The van der Waals surface area contributed by atoms with Gasteiger partial charge in [-0.1, -0.05) is 12.1 Å². The van der Waals surface area contributed by atoms with Gasteiger partial charge >= 0.3 is 0 Å². The normalized spacial score (nSPS) is 14.3. The Morgan fingerprint density at radius 3 is 2.47 bits per heavy atom. The Morgan fingerprint density at radius 1 is 1.20 bits per heavy atom. The van der Waals surface area contributed by atoms with Gasteiger partial charge in [-0.05, 0) is 42.5 Å². The Kier molecular flexibility index (Phi) is 3.28. The van der Waals surface area contributed by atoms with E-state index >= 15 is 0 Å². The first-order valence-electron chi connectivity index (χ1n) is 5.31. The first-order valence-corrected chi connectivity index (χ1v) is 5.31. The molecule has 0 bridgehead atoms. The van der Waals surface area contributed by atoms with Gasteiger partial charge < -0.3 is 9.47 Å². The minimum absolute atomic E-state index is 0.646. The highest BCUT2D eigenvalue weighted by molar-refractivity contribution is 5.26. The quantitative estimate of drug-likeness (QED) is 0.701. The summed E-state index contributed by atoms with van der Waals surface area (Å²) in [5.41, 5.74) is 2.61. The molecule has 2 rings (SSSR count). The van der Waals surface area contributed by atoms with Crippen molar-refractivity contribution in [2.24, 2.45) is 0 Å². The summed E-state index contributed by atoms with van der Waals surface area (Å²) < 4.78 is 10.6. The highest BCUT2D eigenvalue weighted by Crippen LogP contribution is 2.25. The Balaban J connectivity index is 1.82. The number of allylic oxidation sites excluding steroid dienone is 1. The van der Waals surface area contributed by atoms with E-state index in [-0.39, 0.29) is 0 Å². The predicted octanol–water partition coefficient (Wildman–Crippen LogP) is 3.28. The zero-order chi connectivity index (χ0) is 10.5. The van der Waals surface area contributed by atoms with Crippen molar-refractivity contribution in [1.82, 2.24) is 0 Å². The summed E-state index contributed by atoms with van der Waals surface area (Å²) in [6.45, 7) is 0.646. The summed E-state index contributed by atoms with van der Waals surface area (Å²) in [6.07, 6.45) is 5.65. The van der Waals surface area contributed by atoms with Gasteiger partial charge in [-0.25, -0.2) is 0 Å². The van der Waals surface area contributed by atoms with E-state index in [2.05, 4.69) is 0 Å². The molecule has 1 aromatic rings. The van der Waals surface area contributed by atoms with Crippen LogP contribution in [0.2, 0.25) is 0 Å². The molecule has 1 aromatic carbocycles. The number of ether oxygens (including phenoxy) is 2. The van der Waals surface area contributed by atoms with Gasteiger partial charge in [0.15, 0.2) is 0 Å². The van der Waals surface area contributed by atoms with Crippen LogP contribution in [0.25, 0.3) is 0 Å². The summed E-state index contributed by atoms with van der Waals surface area (Å²) in [6, 6.07) is 7.96. The van der Waals surface area contributed by atoms with Crippen LogP contribution >= 0.6 is 0 Å². The zero-order valence-corrected chi connectivity index (χ0v) is 9.03. The first-order chi connectivity index (χ1) is 7.38. The van der Waals surface area contributed by atoms with Gasteiger partial charge in [-0.15, -0.1) is 0 Å². The SMILES string of the molecule is COc1ccc(COC=C2CCC2)cc1. The van der Waals surface area contributed by atoms with Crippen LogP contribution in [0.15, 0.2) is 36.1 Å². The summed E-state index contributed by atoms with van der Waals surface area (Å²) >= 11 is 0. The van der Waals surface area contributed by atoms with Crippen molar-refractivity contribution in [3.05, 3.63) is 41.7 Å². The number of benzene rings is 1. The molecule has 0 heterocycles. The van der Waals surface area contributed by atoms with Crippen molar-refractivity contribution < 1.29 is 9.47 Å². The fourth-order valence-electron chi connectivity index (χ4n) is 1.48. The van der Waals surface area contributed by atoms with Gasteiger partial charge in [-0.3, -0.25) is 0 Å². The lowest BCUT2D eigenvalue weighted by molar-refractivity contribution is 0.229. The average Bonchev–Trinajstić information content (AvgIpc) is 2.23. The van der Waals surface area contributed by atoms with Crippen LogP contribution in [0.5, 0.6) is 5.75 Å². The maximum atomic E-state index is 5.49. The van der Waals surface area contributed by atoms with Gasteiger partial charge in [0, 0.05) is 0 Å². The minimum atomic E-state index is 0.646. The third-order valence-corrected chi connectivity index (χ3v) is 2.65. The second-order valence-electron chi connectivity index (χ2n) is 3.79. The maximum Gasteiger partial charge on any atom is 0.118 e. The van der Waals surface area contributed by atoms with Crippen LogP contribution in [0.4, 0.5) is 0 Å². The smallest absolute Gasteiger partial charge is 0.118 e. The van der Waals surface area contributed by atoms with Gasteiger partial charge in [0.05, 0.1) is 13.4 Å². The monoisotopic (exact) mass is 204 g/mol. The number of methoxy groups -OCH3 is 1. The molecular weight excluding hydrogens is 188 g/mol. The fraction of sp³-hybridized carbons (Fsp3) is 0.385. The number of rotatable bonds is 4. The van der Waals surface area contributed by atoms with Crippen LogP contribution < -0.4 is 4.74 Å². The van der Waals surface area contributed by atoms with Crippen molar-refractivity contribution in [2.75, 3.05) is 7.11 Å². The lowest BCUT2D eigenvalue weighted by Crippen LogP contribution is -1.97. The lowest BCUT2D eigenvalue weighted by Gasteiger charge is -2.15. The molecule has 1 aliphatic rings. The second kappa shape index (κ2) is 4.87. The molecule has 0 saturated heterocycles. The van der Waals surface area contributed by atoms with Gasteiger partial charge in [0.25, 0.3) is 0 Å². The number of hydrogen-bond acceptors (Lipinski definition) is 2. The Morgan fingerprint density at radius 2 is 1.93 bits per heavy atom. The van der Waals surface area contributed by atoms with Crippen molar-refractivity contribution in [1.29, 1.82) is 0 Å². The molecule has 2 heteroatoms. The maximum absolute atomic E-state index is 5.49. The Hall–Kier alpha value is -1.44. The third kappa shape index (κ3) is 2.75. The summed E-state index contributed by atoms with van der Waals surface area (Å²) in [7, 11) is 1.67. The third-order valence-electron chi connectivity index (χ3n) is 2.65. The van der Waals surface area contributed by atoms with Crippen LogP contribution in [0, 0.1) is 0 Å². The van der Waals surface area contributed by atoms with E-state index in [4.69, 9.17) is 9.47 Å². The van der Waals surface area contributed by atoms with Crippen molar-refractivity contribution in [2.45, 2.75) is 25.9 Å². The van der Waals surface area contributed by atoms with Gasteiger partial charge in [0.1, 0.15) is 12.4 Å². The molecule has 0 atom stereocenters. The molecule has 0 unspecified atom stereocenters. The molecule has 80 valence electrons. The van der Waals surface area contributed by atoms with Crippen LogP contribution in [-0.2, 0) is 11.3 Å². The summed E-state index contributed by atoms with van der Waals surface area (Å²) in [5.74, 6) is 0.885. The fourth-order valence-corrected chi connectivity index (χ4v) is 1.48. The van der Waals surface area contributed by atoms with E-state index in [0.717, 1.165) is 5.75 Å². The summed E-state index contributed by atoms with van der Waals surface area (Å²) in [5, 5.41) is 0. The highest BCUT2D eigenvalue weighted by atomic mass is 16.5. The topological polar surface area (TPSA) is 18.5 Å². The van der Waals surface area contributed by atoms with Crippen molar-refractivity contribution in [3.63, 3.8) is 0 Å². The van der Waals surface area contributed by atoms with E-state index in [1.807, 2.05) is 30.5 Å². The molecule has 0 aromatic heterocycles. The standard InChI is InChI=1S/C13H16O2/c1-14-13-7-5-12(6-8-13)10-15-9-11-3-2-4-11/h5-9H,2-4,10H2,1H3. The zero-order valence-electron chi connectivity index (χ0n) is 9.03. The van der Waals surface area contributed by atoms with Crippen molar-refractivity contribution >= 4 is 0 Å². The molecule has 0 N–H and O–H groups in total. The highest BCUT2D eigenvalue weighted by Gasteiger charge is 2.07. The van der Waals surface area contributed by atoms with E-state index in [1.165, 1.54) is 30.4 Å². The van der Waals surface area contributed by atoms with E-state index < -0.39 is 0 Å². The van der Waals surface area contributed by atoms with Crippen LogP contribution in [-0.4, -0.2) is 7.11 Å². The average molecular weight is 204 g/mol. The Labute approximate surface area is 90.5 Å². The first kappa shape index (κ1) is 10.1. The molecule has 0 amide bonds. The molecule has 0 radical (unpaired) electrons. The molecule has 0 aliphatic heterocycles. The van der Waals surface area contributed by atoms with E-state index in [0.29, 0.717) is 6.61 Å². The van der Waals surface area contributed by atoms with Crippen molar-refractivity contribution in [3.8, 4) is 5.75 Å². The molecular formula is C13H16O2. The molecule has 1 saturated carbocycles. The summed E-state index contributed by atoms with van der Waals surface area (Å²) in [4.78, 5) is 0. The molecule has 2 nitrogen and oxygen atoms in total. The van der Waals surface area contributed by atoms with Gasteiger partial charge in [-0.2, -0.15) is 0 Å². The predicted molar refractivity (Wildman–Crippen MR) is 59.7 cm³/mol.